The van der Waals surface area contributed by atoms with Gasteiger partial charge in [0, 0.05) is 13.1 Å². The molecule has 3 nitrogen and oxygen atoms in total. The Kier molecular flexibility index (Phi) is 4.14. The molecule has 2 rings (SSSR count). The van der Waals surface area contributed by atoms with E-state index in [2.05, 4.69) is 10.6 Å². The smallest absolute Gasteiger partial charge is 0.227 e. The van der Waals surface area contributed by atoms with E-state index in [1.54, 1.807) is 0 Å². The number of benzene rings is 1. The van der Waals surface area contributed by atoms with Gasteiger partial charge in [-0.2, -0.15) is 0 Å². The molecule has 0 aliphatic heterocycles. The second-order valence-electron chi connectivity index (χ2n) is 5.10. The molecule has 0 bridgehead atoms. The van der Waals surface area contributed by atoms with Crippen molar-refractivity contribution in [1.29, 1.82) is 0 Å². The van der Waals surface area contributed by atoms with Gasteiger partial charge in [-0.25, -0.2) is 8.78 Å². The van der Waals surface area contributed by atoms with Crippen LogP contribution in [0.1, 0.15) is 24.8 Å². The fourth-order valence-electron chi connectivity index (χ4n) is 2.45. The Hall–Kier alpha value is -1.49. The fraction of sp³-hybridized carbons (Fsp3) is 0.500. The summed E-state index contributed by atoms with van der Waals surface area (Å²) >= 11 is 0. The molecule has 1 aliphatic rings. The van der Waals surface area contributed by atoms with Crippen molar-refractivity contribution in [2.45, 2.75) is 25.8 Å². The third-order valence-electron chi connectivity index (χ3n) is 3.74. The van der Waals surface area contributed by atoms with Gasteiger partial charge in [-0.1, -0.05) is 12.5 Å². The van der Waals surface area contributed by atoms with Crippen LogP contribution in [0, 0.1) is 17.0 Å². The van der Waals surface area contributed by atoms with E-state index in [0.717, 1.165) is 31.4 Å². The first-order valence-corrected chi connectivity index (χ1v) is 6.44. The summed E-state index contributed by atoms with van der Waals surface area (Å²) < 4.78 is 25.8. The van der Waals surface area contributed by atoms with Gasteiger partial charge in [0.2, 0.25) is 5.91 Å². The molecule has 1 amide bonds. The largest absolute Gasteiger partial charge is 0.352 e. The van der Waals surface area contributed by atoms with Crippen LogP contribution in [0.3, 0.4) is 0 Å². The molecule has 5 heteroatoms. The molecule has 0 radical (unpaired) electrons. The number of halogens is 2. The summed E-state index contributed by atoms with van der Waals surface area (Å²) in [6.45, 7) is 0.873. The minimum absolute atomic E-state index is 0.0159. The number of rotatable bonds is 5. The Balaban J connectivity index is 1.94. The maximum Gasteiger partial charge on any atom is 0.227 e. The summed E-state index contributed by atoms with van der Waals surface area (Å²) in [4.78, 5) is 12.1. The van der Waals surface area contributed by atoms with E-state index in [1.165, 1.54) is 6.07 Å². The SMILES string of the molecule is CNCC1(C(=O)NCc2ccc(F)c(F)c2)CCC1. The van der Waals surface area contributed by atoms with Crippen LogP contribution >= 0.6 is 0 Å². The first-order valence-electron chi connectivity index (χ1n) is 6.44. The fourth-order valence-corrected chi connectivity index (χ4v) is 2.45. The zero-order chi connectivity index (χ0) is 13.9. The van der Waals surface area contributed by atoms with Gasteiger partial charge < -0.3 is 10.6 Å². The van der Waals surface area contributed by atoms with Crippen LogP contribution < -0.4 is 10.6 Å². The average Bonchev–Trinajstić information content (AvgIpc) is 2.35. The van der Waals surface area contributed by atoms with Gasteiger partial charge in [0.1, 0.15) is 0 Å². The zero-order valence-corrected chi connectivity index (χ0v) is 10.9. The Morgan fingerprint density at radius 2 is 2.05 bits per heavy atom. The second-order valence-corrected chi connectivity index (χ2v) is 5.10. The standard InChI is InChI=1S/C14H18F2N2O/c1-17-9-14(5-2-6-14)13(19)18-8-10-3-4-11(15)12(16)7-10/h3-4,7,17H,2,5-6,8-9H2,1H3,(H,18,19). The van der Waals surface area contributed by atoms with E-state index in [4.69, 9.17) is 0 Å². The maximum atomic E-state index is 13.0. The van der Waals surface area contributed by atoms with Crippen LogP contribution in [0.4, 0.5) is 8.78 Å². The maximum absolute atomic E-state index is 13.0. The van der Waals surface area contributed by atoms with Crippen LogP contribution in [0.5, 0.6) is 0 Å². The third kappa shape index (κ3) is 2.92. The molecule has 104 valence electrons. The molecule has 2 N–H and O–H groups in total. The summed E-state index contributed by atoms with van der Waals surface area (Å²) in [5.74, 6) is -1.78. The van der Waals surface area contributed by atoms with Crippen LogP contribution in [0.25, 0.3) is 0 Å². The van der Waals surface area contributed by atoms with Crippen molar-refractivity contribution in [3.63, 3.8) is 0 Å². The van der Waals surface area contributed by atoms with Gasteiger partial charge in [0.15, 0.2) is 11.6 Å². The highest BCUT2D eigenvalue weighted by molar-refractivity contribution is 5.83. The lowest BCUT2D eigenvalue weighted by molar-refractivity contribution is -0.135. The summed E-state index contributed by atoms with van der Waals surface area (Å²) in [6, 6.07) is 3.66. The zero-order valence-electron chi connectivity index (χ0n) is 10.9. The van der Waals surface area contributed by atoms with Gasteiger partial charge in [-0.3, -0.25) is 4.79 Å². The predicted octanol–water partition coefficient (Wildman–Crippen LogP) is 1.97. The van der Waals surface area contributed by atoms with Crippen molar-refractivity contribution in [3.8, 4) is 0 Å². The van der Waals surface area contributed by atoms with Crippen LogP contribution in [0.15, 0.2) is 18.2 Å². The van der Waals surface area contributed by atoms with Crippen molar-refractivity contribution >= 4 is 5.91 Å². The molecule has 1 saturated carbocycles. The summed E-state index contributed by atoms with van der Waals surface area (Å²) in [5, 5.41) is 5.84. The molecule has 0 atom stereocenters. The molecule has 1 aromatic rings. The van der Waals surface area contributed by atoms with Crippen molar-refractivity contribution in [3.05, 3.63) is 35.4 Å². The van der Waals surface area contributed by atoms with Crippen molar-refractivity contribution < 1.29 is 13.6 Å². The lowest BCUT2D eigenvalue weighted by atomic mass is 9.68. The van der Waals surface area contributed by atoms with Crippen LogP contribution in [0.2, 0.25) is 0 Å². The molecule has 0 spiro atoms. The Morgan fingerprint density at radius 1 is 1.32 bits per heavy atom. The number of carbonyl (C=O) groups is 1. The Bertz CT molecular complexity index is 473. The molecule has 1 aromatic carbocycles. The molecule has 0 unspecified atom stereocenters. The highest BCUT2D eigenvalue weighted by atomic mass is 19.2. The minimum atomic E-state index is -0.889. The van der Waals surface area contributed by atoms with Gasteiger partial charge in [0.25, 0.3) is 0 Å². The lowest BCUT2D eigenvalue weighted by Crippen LogP contribution is -2.50. The van der Waals surface area contributed by atoms with Crippen molar-refractivity contribution in [2.24, 2.45) is 5.41 Å². The van der Waals surface area contributed by atoms with Gasteiger partial charge in [-0.15, -0.1) is 0 Å². The first kappa shape index (κ1) is 13.9. The van der Waals surface area contributed by atoms with E-state index in [-0.39, 0.29) is 17.9 Å². The molecule has 0 saturated heterocycles. The summed E-state index contributed by atoms with van der Waals surface area (Å²) in [5.41, 5.74) is 0.235. The third-order valence-corrected chi connectivity index (χ3v) is 3.74. The van der Waals surface area contributed by atoms with Crippen LogP contribution in [-0.4, -0.2) is 19.5 Å². The number of hydrogen-bond acceptors (Lipinski definition) is 2. The lowest BCUT2D eigenvalue weighted by Gasteiger charge is -2.40. The predicted molar refractivity (Wildman–Crippen MR) is 68.4 cm³/mol. The van der Waals surface area contributed by atoms with Gasteiger partial charge in [0.05, 0.1) is 5.41 Å². The highest BCUT2D eigenvalue weighted by Gasteiger charge is 2.43. The molecule has 19 heavy (non-hydrogen) atoms. The topological polar surface area (TPSA) is 41.1 Å². The summed E-state index contributed by atoms with van der Waals surface area (Å²) in [6.07, 6.45) is 2.80. The normalized spacial score (nSPS) is 16.8. The number of hydrogen-bond donors (Lipinski definition) is 2. The van der Waals surface area contributed by atoms with Crippen LogP contribution in [-0.2, 0) is 11.3 Å². The Morgan fingerprint density at radius 3 is 2.58 bits per heavy atom. The molecule has 0 aromatic heterocycles. The molecule has 1 fully saturated rings. The average molecular weight is 268 g/mol. The molecular weight excluding hydrogens is 250 g/mol. The quantitative estimate of drug-likeness (QED) is 0.857. The Labute approximate surface area is 111 Å². The van der Waals surface area contributed by atoms with E-state index in [9.17, 15) is 13.6 Å². The summed E-state index contributed by atoms with van der Waals surface area (Å²) in [7, 11) is 1.82. The van der Waals surface area contributed by atoms with Crippen molar-refractivity contribution in [1.82, 2.24) is 10.6 Å². The molecule has 0 heterocycles. The van der Waals surface area contributed by atoms with E-state index in [0.29, 0.717) is 12.1 Å². The minimum Gasteiger partial charge on any atom is -0.352 e. The van der Waals surface area contributed by atoms with E-state index >= 15 is 0 Å². The molecule has 1 aliphatic carbocycles. The van der Waals surface area contributed by atoms with E-state index < -0.39 is 11.6 Å². The number of nitrogens with one attached hydrogen (secondary N) is 2. The number of amides is 1. The number of carbonyl (C=O) groups excluding carboxylic acids is 1. The van der Waals surface area contributed by atoms with E-state index in [1.807, 2.05) is 7.05 Å². The monoisotopic (exact) mass is 268 g/mol. The van der Waals surface area contributed by atoms with Crippen molar-refractivity contribution in [2.75, 3.05) is 13.6 Å². The van der Waals surface area contributed by atoms with Gasteiger partial charge >= 0.3 is 0 Å². The molecular formula is C14H18F2N2O. The van der Waals surface area contributed by atoms with Gasteiger partial charge in [-0.05, 0) is 37.6 Å². The highest BCUT2D eigenvalue weighted by Crippen LogP contribution is 2.40. The second kappa shape index (κ2) is 5.65. The first-order chi connectivity index (χ1) is 9.07.